The zero-order chi connectivity index (χ0) is 21.6. The molecule has 0 amide bonds. The molecule has 0 saturated carbocycles. The van der Waals surface area contributed by atoms with E-state index in [0.29, 0.717) is 22.8 Å². The van der Waals surface area contributed by atoms with E-state index in [1.54, 1.807) is 6.07 Å². The molecule has 0 fully saturated rings. The molecule has 1 unspecified atom stereocenters. The van der Waals surface area contributed by atoms with Gasteiger partial charge in [0.2, 0.25) is 10.0 Å². The minimum absolute atomic E-state index is 0.0193. The lowest BCUT2D eigenvalue weighted by molar-refractivity contribution is 0.0995. The second-order valence-electron chi connectivity index (χ2n) is 7.13. The van der Waals surface area contributed by atoms with E-state index in [0.717, 1.165) is 22.1 Å². The smallest absolute Gasteiger partial charge is 0.238 e. The Balaban J connectivity index is 1.71. The van der Waals surface area contributed by atoms with Crippen LogP contribution < -0.4 is 5.14 Å². The summed E-state index contributed by atoms with van der Waals surface area (Å²) < 4.78 is 25.3. The van der Waals surface area contributed by atoms with E-state index < -0.39 is 10.0 Å². The van der Waals surface area contributed by atoms with Crippen LogP contribution in [0.2, 0.25) is 0 Å². The van der Waals surface area contributed by atoms with Crippen molar-refractivity contribution in [1.82, 2.24) is 14.5 Å². The highest BCUT2D eigenvalue weighted by Gasteiger charge is 2.24. The number of Topliss-reactive ketones (excluding diaryl/α,β-unsaturated/α-hetero) is 1. The van der Waals surface area contributed by atoms with Crippen molar-refractivity contribution in [1.29, 1.82) is 0 Å². The highest BCUT2D eigenvalue weighted by Crippen LogP contribution is 2.32. The van der Waals surface area contributed by atoms with Crippen LogP contribution in [-0.2, 0) is 16.6 Å². The molecule has 4 rings (SSSR count). The zero-order valence-corrected chi connectivity index (χ0v) is 18.5. The quantitative estimate of drug-likeness (QED) is 0.348. The Bertz CT molecular complexity index is 1390. The van der Waals surface area contributed by atoms with Gasteiger partial charge in [-0.15, -0.1) is 0 Å². The summed E-state index contributed by atoms with van der Waals surface area (Å²) in [6, 6.07) is 12.4. The second kappa shape index (κ2) is 7.57. The van der Waals surface area contributed by atoms with E-state index in [4.69, 9.17) is 5.14 Å². The van der Waals surface area contributed by atoms with Crippen LogP contribution in [0.4, 0.5) is 0 Å². The number of sulfonamides is 1. The highest BCUT2D eigenvalue weighted by atomic mass is 32.2. The van der Waals surface area contributed by atoms with Crippen LogP contribution in [0, 0.1) is 6.92 Å². The summed E-state index contributed by atoms with van der Waals surface area (Å²) >= 11 is 1.37. The number of nitrogens with two attached hydrogens (primary N) is 1. The molecule has 0 saturated heterocycles. The Labute approximate surface area is 178 Å². The van der Waals surface area contributed by atoms with E-state index in [-0.39, 0.29) is 15.9 Å². The van der Waals surface area contributed by atoms with Crippen LogP contribution >= 0.6 is 11.8 Å². The summed E-state index contributed by atoms with van der Waals surface area (Å²) in [5.74, 6) is 0.0230. The third kappa shape index (κ3) is 3.53. The normalized spacial score (nSPS) is 13.2. The maximum atomic E-state index is 13.3. The molecule has 1 atom stereocenters. The number of hydrogen-bond donors (Lipinski definition) is 2. The van der Waals surface area contributed by atoms with Crippen molar-refractivity contribution in [3.63, 3.8) is 0 Å². The Morgan fingerprint density at radius 1 is 1.27 bits per heavy atom. The van der Waals surface area contributed by atoms with Crippen LogP contribution in [-0.4, -0.2) is 34.0 Å². The third-order valence-corrected chi connectivity index (χ3v) is 7.12. The first kappa shape index (κ1) is 20.6. The summed E-state index contributed by atoms with van der Waals surface area (Å²) in [5.41, 5.74) is 3.81. The topological polar surface area (TPSA) is 111 Å². The van der Waals surface area contributed by atoms with Crippen molar-refractivity contribution < 1.29 is 13.2 Å². The van der Waals surface area contributed by atoms with Crippen LogP contribution in [0.3, 0.4) is 0 Å². The summed E-state index contributed by atoms with van der Waals surface area (Å²) in [4.78, 5) is 21.2. The van der Waals surface area contributed by atoms with Gasteiger partial charge >= 0.3 is 0 Å². The van der Waals surface area contributed by atoms with E-state index in [1.807, 2.05) is 49.6 Å². The number of aromatic amines is 1. The van der Waals surface area contributed by atoms with Crippen LogP contribution in [0.5, 0.6) is 0 Å². The number of carbonyl (C=O) groups is 1. The first-order valence-electron chi connectivity index (χ1n) is 9.52. The number of para-hydroxylation sites is 1. The van der Waals surface area contributed by atoms with E-state index in [2.05, 4.69) is 9.97 Å². The van der Waals surface area contributed by atoms with Crippen LogP contribution in [0.15, 0.2) is 52.5 Å². The minimum Gasteiger partial charge on any atom is -0.358 e. The number of nitrogens with one attached hydrogen (secondary N) is 1. The standard InChI is InChI=1S/C21H22N4O3S2/c1-4-25-18-10-9-14(30(22,27)28)11-17(18)24-21(25)29-13(3)20(26)19-12(2)23-16-8-6-5-7-15(16)19/h5-11,13,23H,4H2,1-3H3,(H2,22,27,28). The first-order chi connectivity index (χ1) is 14.2. The summed E-state index contributed by atoms with van der Waals surface area (Å²) in [5, 5.41) is 6.45. The number of rotatable bonds is 6. The Kier molecular flexibility index (Phi) is 5.21. The Morgan fingerprint density at radius 3 is 2.70 bits per heavy atom. The van der Waals surface area contributed by atoms with Crippen molar-refractivity contribution in [2.45, 2.75) is 42.6 Å². The maximum Gasteiger partial charge on any atom is 0.238 e. The number of H-pyrrole nitrogens is 1. The first-order valence-corrected chi connectivity index (χ1v) is 11.9. The number of nitrogens with zero attached hydrogens (tertiary/aromatic N) is 2. The summed E-state index contributed by atoms with van der Waals surface area (Å²) in [7, 11) is -3.81. The molecular formula is C21H22N4O3S2. The van der Waals surface area contributed by atoms with Crippen molar-refractivity contribution in [3.05, 3.63) is 53.7 Å². The van der Waals surface area contributed by atoms with Gasteiger partial charge in [-0.2, -0.15) is 0 Å². The molecule has 3 N–H and O–H groups in total. The molecule has 7 nitrogen and oxygen atoms in total. The average Bonchev–Trinajstić information content (AvgIpc) is 3.21. The van der Waals surface area contributed by atoms with Gasteiger partial charge in [-0.25, -0.2) is 18.5 Å². The fourth-order valence-electron chi connectivity index (χ4n) is 3.67. The van der Waals surface area contributed by atoms with Gasteiger partial charge in [0.25, 0.3) is 0 Å². The number of fused-ring (bicyclic) bond motifs is 2. The number of carbonyl (C=O) groups excluding carboxylic acids is 1. The predicted molar refractivity (Wildman–Crippen MR) is 119 cm³/mol. The number of benzene rings is 2. The molecule has 2 aromatic carbocycles. The molecule has 4 aromatic rings. The molecule has 2 heterocycles. The molecular weight excluding hydrogens is 420 g/mol. The van der Waals surface area contributed by atoms with Gasteiger partial charge < -0.3 is 9.55 Å². The lowest BCUT2D eigenvalue weighted by Crippen LogP contribution is -2.15. The van der Waals surface area contributed by atoms with Gasteiger partial charge in [0, 0.05) is 28.7 Å². The molecule has 2 aromatic heterocycles. The minimum atomic E-state index is -3.81. The van der Waals surface area contributed by atoms with E-state index >= 15 is 0 Å². The van der Waals surface area contributed by atoms with Crippen molar-refractivity contribution >= 4 is 49.5 Å². The number of aromatic nitrogens is 3. The SMILES string of the molecule is CCn1c(SC(C)C(=O)c2c(C)[nH]c3ccccc23)nc2cc(S(N)(=O)=O)ccc21. The fraction of sp³-hybridized carbons (Fsp3) is 0.238. The van der Waals surface area contributed by atoms with E-state index in [9.17, 15) is 13.2 Å². The maximum absolute atomic E-state index is 13.3. The van der Waals surface area contributed by atoms with Gasteiger partial charge in [0.1, 0.15) is 0 Å². The van der Waals surface area contributed by atoms with Crippen LogP contribution in [0.1, 0.15) is 29.9 Å². The van der Waals surface area contributed by atoms with Gasteiger partial charge in [-0.1, -0.05) is 30.0 Å². The number of imidazole rings is 1. The second-order valence-corrected chi connectivity index (χ2v) is 10.00. The largest absolute Gasteiger partial charge is 0.358 e. The van der Waals surface area contributed by atoms with E-state index in [1.165, 1.54) is 23.9 Å². The molecule has 0 radical (unpaired) electrons. The predicted octanol–water partition coefficient (Wildman–Crippen LogP) is 3.86. The average molecular weight is 443 g/mol. The number of primary sulfonamides is 1. The third-order valence-electron chi connectivity index (χ3n) is 5.12. The number of aryl methyl sites for hydroxylation is 2. The molecule has 0 bridgehead atoms. The highest BCUT2D eigenvalue weighted by molar-refractivity contribution is 8.00. The molecule has 0 aliphatic heterocycles. The fourth-order valence-corrected chi connectivity index (χ4v) is 5.25. The summed E-state index contributed by atoms with van der Waals surface area (Å²) in [6.07, 6.45) is 0. The van der Waals surface area contributed by atoms with Gasteiger partial charge in [-0.05, 0) is 45.0 Å². The zero-order valence-electron chi connectivity index (χ0n) is 16.8. The molecule has 0 aliphatic rings. The Hall–Kier alpha value is -2.62. The monoisotopic (exact) mass is 442 g/mol. The number of thioether (sulfide) groups is 1. The van der Waals surface area contributed by atoms with Crippen molar-refractivity contribution in [2.75, 3.05) is 0 Å². The molecule has 9 heteroatoms. The van der Waals surface area contributed by atoms with Crippen molar-refractivity contribution in [2.24, 2.45) is 5.14 Å². The number of hydrogen-bond acceptors (Lipinski definition) is 5. The lowest BCUT2D eigenvalue weighted by atomic mass is 10.1. The Morgan fingerprint density at radius 2 is 2.00 bits per heavy atom. The molecule has 0 aliphatic carbocycles. The van der Waals surface area contributed by atoms with Gasteiger partial charge in [-0.3, -0.25) is 4.79 Å². The summed E-state index contributed by atoms with van der Waals surface area (Å²) in [6.45, 7) is 6.39. The number of ketones is 1. The van der Waals surface area contributed by atoms with Gasteiger partial charge in [0.15, 0.2) is 10.9 Å². The van der Waals surface area contributed by atoms with Gasteiger partial charge in [0.05, 0.1) is 21.2 Å². The molecule has 0 spiro atoms. The van der Waals surface area contributed by atoms with Crippen molar-refractivity contribution in [3.8, 4) is 0 Å². The molecule has 156 valence electrons. The van der Waals surface area contributed by atoms with Crippen LogP contribution in [0.25, 0.3) is 21.9 Å². The molecule has 30 heavy (non-hydrogen) atoms. The lowest BCUT2D eigenvalue weighted by Gasteiger charge is -2.11.